The van der Waals surface area contributed by atoms with E-state index in [0.29, 0.717) is 16.8 Å². The normalized spacial score (nSPS) is 15.3. The quantitative estimate of drug-likeness (QED) is 0.445. The summed E-state index contributed by atoms with van der Waals surface area (Å²) in [7, 11) is 2.09. The van der Waals surface area contributed by atoms with Gasteiger partial charge in [-0.3, -0.25) is 4.79 Å². The molecule has 4 heterocycles. The van der Waals surface area contributed by atoms with Gasteiger partial charge in [0.15, 0.2) is 0 Å². The van der Waals surface area contributed by atoms with Crippen molar-refractivity contribution in [1.29, 1.82) is 0 Å². The Morgan fingerprint density at radius 2 is 1.97 bits per heavy atom. The predicted octanol–water partition coefficient (Wildman–Crippen LogP) is 4.50. The van der Waals surface area contributed by atoms with Crippen LogP contribution in [0.2, 0.25) is 0 Å². The van der Waals surface area contributed by atoms with Crippen molar-refractivity contribution in [3.8, 4) is 22.5 Å². The number of piperidine rings is 1. The number of benzene rings is 1. The zero-order valence-corrected chi connectivity index (χ0v) is 18.2. The summed E-state index contributed by atoms with van der Waals surface area (Å²) in [5.41, 5.74) is 4.57. The average Bonchev–Trinajstić information content (AvgIpc) is 3.42. The molecular formula is C25H26FN5O. The number of pyridine rings is 1. The third-order valence-corrected chi connectivity index (χ3v) is 6.26. The molecule has 4 aromatic rings. The fourth-order valence-corrected chi connectivity index (χ4v) is 4.43. The van der Waals surface area contributed by atoms with Crippen LogP contribution in [0.3, 0.4) is 0 Å². The summed E-state index contributed by atoms with van der Waals surface area (Å²) < 4.78 is 14.9. The molecule has 0 saturated carbocycles. The summed E-state index contributed by atoms with van der Waals surface area (Å²) in [5.74, 6) is -0.537. The number of likely N-dealkylation sites (tertiary alicyclic amines) is 1. The fourth-order valence-electron chi connectivity index (χ4n) is 4.43. The lowest BCUT2D eigenvalue weighted by molar-refractivity contribution is 0.0917. The number of nitrogens with one attached hydrogen (secondary N) is 3. The predicted molar refractivity (Wildman–Crippen MR) is 124 cm³/mol. The molecule has 1 saturated heterocycles. The number of rotatable bonds is 4. The van der Waals surface area contributed by atoms with Crippen molar-refractivity contribution in [3.63, 3.8) is 0 Å². The number of aromatic amines is 2. The highest BCUT2D eigenvalue weighted by Crippen LogP contribution is 2.33. The number of nitrogens with zero attached hydrogens (tertiary/aromatic N) is 2. The Morgan fingerprint density at radius 1 is 1.16 bits per heavy atom. The largest absolute Gasteiger partial charge is 0.354 e. The van der Waals surface area contributed by atoms with E-state index in [-0.39, 0.29) is 17.8 Å². The number of hydrogen-bond acceptors (Lipinski definition) is 3. The van der Waals surface area contributed by atoms with Gasteiger partial charge in [0.05, 0.1) is 11.3 Å². The molecule has 3 N–H and O–H groups in total. The standard InChI is InChI=1S/C25H26FN5O/c1-15-3-4-19(21(26)13-15)23-20(25(32)29-16-7-11-31(2)12-8-16)14-22(30-23)17-5-9-27-24-18(17)6-10-28-24/h3-6,9-10,13-14,16,30H,7-8,11-12H2,1-2H3,(H,27,28)(H,29,32). The molecule has 0 spiro atoms. The molecule has 6 nitrogen and oxygen atoms in total. The Hall–Kier alpha value is -3.45. The Labute approximate surface area is 185 Å². The van der Waals surface area contributed by atoms with E-state index in [1.807, 2.05) is 37.4 Å². The molecule has 1 fully saturated rings. The van der Waals surface area contributed by atoms with Crippen molar-refractivity contribution in [2.24, 2.45) is 0 Å². The summed E-state index contributed by atoms with van der Waals surface area (Å²) in [6, 6.07) is 10.9. The monoisotopic (exact) mass is 431 g/mol. The first-order valence-corrected chi connectivity index (χ1v) is 10.9. The Bertz CT molecular complexity index is 1280. The van der Waals surface area contributed by atoms with E-state index in [4.69, 9.17) is 0 Å². The minimum Gasteiger partial charge on any atom is -0.354 e. The Morgan fingerprint density at radius 3 is 2.75 bits per heavy atom. The molecule has 164 valence electrons. The lowest BCUT2D eigenvalue weighted by Crippen LogP contribution is -2.43. The van der Waals surface area contributed by atoms with Crippen LogP contribution in [-0.4, -0.2) is 51.9 Å². The molecule has 1 aromatic carbocycles. The summed E-state index contributed by atoms with van der Waals surface area (Å²) in [4.78, 5) is 26.4. The van der Waals surface area contributed by atoms with Crippen LogP contribution in [0.1, 0.15) is 28.8 Å². The van der Waals surface area contributed by atoms with Crippen molar-refractivity contribution >= 4 is 16.9 Å². The minimum absolute atomic E-state index is 0.116. The molecule has 3 aromatic heterocycles. The third kappa shape index (κ3) is 3.80. The number of halogens is 1. The number of H-pyrrole nitrogens is 2. The molecule has 5 rings (SSSR count). The molecule has 7 heteroatoms. The average molecular weight is 432 g/mol. The number of aryl methyl sites for hydroxylation is 1. The van der Waals surface area contributed by atoms with Gasteiger partial charge in [-0.1, -0.05) is 6.07 Å². The maximum atomic E-state index is 14.9. The smallest absolute Gasteiger partial charge is 0.253 e. The van der Waals surface area contributed by atoms with Gasteiger partial charge in [0.2, 0.25) is 0 Å². The Kier molecular flexibility index (Phi) is 5.27. The summed E-state index contributed by atoms with van der Waals surface area (Å²) in [6.07, 6.45) is 5.36. The first-order chi connectivity index (χ1) is 15.5. The number of fused-ring (bicyclic) bond motifs is 1. The van der Waals surface area contributed by atoms with Crippen LogP contribution in [0.4, 0.5) is 4.39 Å². The van der Waals surface area contributed by atoms with Gasteiger partial charge >= 0.3 is 0 Å². The van der Waals surface area contributed by atoms with E-state index in [0.717, 1.165) is 53.8 Å². The lowest BCUT2D eigenvalue weighted by atomic mass is 10.0. The van der Waals surface area contributed by atoms with Crippen LogP contribution in [-0.2, 0) is 0 Å². The molecule has 0 aliphatic carbocycles. The van der Waals surface area contributed by atoms with Crippen molar-refractivity contribution in [3.05, 3.63) is 65.7 Å². The second-order valence-electron chi connectivity index (χ2n) is 8.60. The number of amides is 1. The van der Waals surface area contributed by atoms with Crippen molar-refractivity contribution in [2.75, 3.05) is 20.1 Å². The van der Waals surface area contributed by atoms with Crippen LogP contribution in [0.15, 0.2) is 48.8 Å². The highest BCUT2D eigenvalue weighted by molar-refractivity contribution is 6.03. The van der Waals surface area contributed by atoms with Crippen molar-refractivity contribution in [2.45, 2.75) is 25.8 Å². The fraction of sp³-hybridized carbons (Fsp3) is 0.280. The van der Waals surface area contributed by atoms with Gasteiger partial charge in [0.1, 0.15) is 11.5 Å². The van der Waals surface area contributed by atoms with Gasteiger partial charge < -0.3 is 20.2 Å². The van der Waals surface area contributed by atoms with Gasteiger partial charge in [0, 0.05) is 40.6 Å². The molecule has 0 bridgehead atoms. The minimum atomic E-state index is -0.353. The number of carbonyl (C=O) groups is 1. The van der Waals surface area contributed by atoms with Gasteiger partial charge in [-0.2, -0.15) is 0 Å². The van der Waals surface area contributed by atoms with E-state index >= 15 is 0 Å². The van der Waals surface area contributed by atoms with Crippen molar-refractivity contribution in [1.82, 2.24) is 25.2 Å². The van der Waals surface area contributed by atoms with Gasteiger partial charge in [-0.05, 0) is 75.8 Å². The second kappa shape index (κ2) is 8.24. The van der Waals surface area contributed by atoms with Crippen molar-refractivity contribution < 1.29 is 9.18 Å². The first kappa shape index (κ1) is 20.5. The molecule has 1 aliphatic rings. The van der Waals surface area contributed by atoms with Crippen LogP contribution in [0.25, 0.3) is 33.5 Å². The van der Waals surface area contributed by atoms with E-state index in [1.54, 1.807) is 12.3 Å². The third-order valence-electron chi connectivity index (χ3n) is 6.26. The topological polar surface area (TPSA) is 76.8 Å². The van der Waals surface area contributed by atoms with E-state index in [1.165, 1.54) is 6.07 Å². The van der Waals surface area contributed by atoms with Crippen LogP contribution in [0, 0.1) is 12.7 Å². The van der Waals surface area contributed by atoms with E-state index in [2.05, 4.69) is 32.2 Å². The van der Waals surface area contributed by atoms with Gasteiger partial charge in [-0.15, -0.1) is 0 Å². The lowest BCUT2D eigenvalue weighted by Gasteiger charge is -2.29. The molecular weight excluding hydrogens is 405 g/mol. The molecule has 32 heavy (non-hydrogen) atoms. The zero-order valence-electron chi connectivity index (χ0n) is 18.2. The Balaban J connectivity index is 1.58. The second-order valence-corrected chi connectivity index (χ2v) is 8.60. The SMILES string of the molecule is Cc1ccc(-c2[nH]c(-c3ccnc4[nH]ccc34)cc2C(=O)NC2CCN(C)CC2)c(F)c1. The zero-order chi connectivity index (χ0) is 22.2. The van der Waals surface area contributed by atoms with Crippen LogP contribution >= 0.6 is 0 Å². The highest BCUT2D eigenvalue weighted by Gasteiger charge is 2.24. The molecule has 0 atom stereocenters. The maximum absolute atomic E-state index is 14.9. The van der Waals surface area contributed by atoms with E-state index < -0.39 is 0 Å². The maximum Gasteiger partial charge on any atom is 0.253 e. The van der Waals surface area contributed by atoms with Gasteiger partial charge in [0.25, 0.3) is 5.91 Å². The van der Waals surface area contributed by atoms with Crippen LogP contribution in [0.5, 0.6) is 0 Å². The van der Waals surface area contributed by atoms with Crippen LogP contribution < -0.4 is 5.32 Å². The number of aromatic nitrogens is 3. The highest BCUT2D eigenvalue weighted by atomic mass is 19.1. The molecule has 1 aliphatic heterocycles. The molecule has 1 amide bonds. The summed E-state index contributed by atoms with van der Waals surface area (Å²) in [6.45, 7) is 3.75. The first-order valence-electron chi connectivity index (χ1n) is 10.9. The summed E-state index contributed by atoms with van der Waals surface area (Å²) in [5, 5.41) is 4.10. The van der Waals surface area contributed by atoms with Gasteiger partial charge in [-0.25, -0.2) is 9.37 Å². The number of carbonyl (C=O) groups excluding carboxylic acids is 1. The molecule has 0 unspecified atom stereocenters. The van der Waals surface area contributed by atoms with E-state index in [9.17, 15) is 9.18 Å². The molecule has 0 radical (unpaired) electrons. The summed E-state index contributed by atoms with van der Waals surface area (Å²) >= 11 is 0. The number of hydrogen-bond donors (Lipinski definition) is 3.